The first-order chi connectivity index (χ1) is 15.4. The van der Waals surface area contributed by atoms with Gasteiger partial charge in [-0.15, -0.1) is 0 Å². The highest BCUT2D eigenvalue weighted by molar-refractivity contribution is 7.86. The highest BCUT2D eigenvalue weighted by Gasteiger charge is 2.35. The van der Waals surface area contributed by atoms with Crippen LogP contribution < -0.4 is 0 Å². The minimum absolute atomic E-state index is 0.0909. The summed E-state index contributed by atoms with van der Waals surface area (Å²) in [7, 11) is -1.79. The normalized spacial score (nSPS) is 19.1. The maximum atomic E-state index is 13.0. The van der Waals surface area contributed by atoms with Crippen LogP contribution in [0, 0.1) is 0 Å². The van der Waals surface area contributed by atoms with Gasteiger partial charge in [0.15, 0.2) is 0 Å². The van der Waals surface area contributed by atoms with Gasteiger partial charge in [0.25, 0.3) is 10.2 Å². The van der Waals surface area contributed by atoms with E-state index in [9.17, 15) is 13.2 Å². The van der Waals surface area contributed by atoms with E-state index in [0.29, 0.717) is 26.2 Å². The van der Waals surface area contributed by atoms with Crippen molar-refractivity contribution in [2.24, 2.45) is 0 Å². The summed E-state index contributed by atoms with van der Waals surface area (Å²) in [5.41, 5.74) is 1.78. The van der Waals surface area contributed by atoms with Gasteiger partial charge in [0.2, 0.25) is 5.91 Å². The number of para-hydroxylation sites is 1. The molecule has 1 amide bonds. The van der Waals surface area contributed by atoms with E-state index in [2.05, 4.69) is 5.10 Å². The van der Waals surface area contributed by atoms with Crippen LogP contribution in [0.25, 0.3) is 11.8 Å². The van der Waals surface area contributed by atoms with Gasteiger partial charge in [0.05, 0.1) is 11.9 Å². The molecular weight excluding hydrogens is 426 g/mol. The van der Waals surface area contributed by atoms with Crippen LogP contribution in [0.4, 0.5) is 0 Å². The molecule has 8 nitrogen and oxygen atoms in total. The summed E-state index contributed by atoms with van der Waals surface area (Å²) in [6.45, 7) is 1.43. The van der Waals surface area contributed by atoms with Crippen LogP contribution in [0.3, 0.4) is 0 Å². The Balaban J connectivity index is 1.31. The number of benzene rings is 1. The van der Waals surface area contributed by atoms with Gasteiger partial charge >= 0.3 is 0 Å². The van der Waals surface area contributed by atoms with E-state index in [1.807, 2.05) is 36.5 Å². The first-order valence-corrected chi connectivity index (χ1v) is 12.6. The molecule has 0 radical (unpaired) electrons. The Labute approximate surface area is 190 Å². The van der Waals surface area contributed by atoms with E-state index in [-0.39, 0.29) is 11.9 Å². The second-order valence-corrected chi connectivity index (χ2v) is 10.4. The van der Waals surface area contributed by atoms with Crippen molar-refractivity contribution in [2.45, 2.75) is 38.1 Å². The van der Waals surface area contributed by atoms with Crippen molar-refractivity contribution in [1.29, 1.82) is 0 Å². The van der Waals surface area contributed by atoms with E-state index in [0.717, 1.165) is 36.9 Å². The molecule has 0 spiro atoms. The topological polar surface area (TPSA) is 78.8 Å². The van der Waals surface area contributed by atoms with Crippen molar-refractivity contribution >= 4 is 22.2 Å². The van der Waals surface area contributed by atoms with Crippen LogP contribution in [-0.2, 0) is 15.0 Å². The summed E-state index contributed by atoms with van der Waals surface area (Å²) >= 11 is 0. The van der Waals surface area contributed by atoms with Gasteiger partial charge in [-0.05, 0) is 31.1 Å². The average molecular weight is 458 g/mol. The third-order valence-corrected chi connectivity index (χ3v) is 8.41. The van der Waals surface area contributed by atoms with E-state index in [1.54, 1.807) is 33.2 Å². The monoisotopic (exact) mass is 457 g/mol. The minimum atomic E-state index is -3.49. The Bertz CT molecular complexity index is 1040. The summed E-state index contributed by atoms with van der Waals surface area (Å²) in [6.07, 6.45) is 12.1. The quantitative estimate of drug-likeness (QED) is 0.625. The molecule has 1 aromatic carbocycles. The van der Waals surface area contributed by atoms with Crippen LogP contribution >= 0.6 is 0 Å². The van der Waals surface area contributed by atoms with Crippen LogP contribution in [0.1, 0.15) is 37.7 Å². The fourth-order valence-corrected chi connectivity index (χ4v) is 5.95. The van der Waals surface area contributed by atoms with Gasteiger partial charge in [0, 0.05) is 57.1 Å². The van der Waals surface area contributed by atoms with Gasteiger partial charge in [-0.1, -0.05) is 37.5 Å². The molecule has 1 saturated carbocycles. The van der Waals surface area contributed by atoms with Gasteiger partial charge in [-0.3, -0.25) is 4.79 Å². The third kappa shape index (κ3) is 5.11. The molecule has 2 aliphatic rings. The molecule has 2 fully saturated rings. The second-order valence-electron chi connectivity index (χ2n) is 8.43. The minimum Gasteiger partial charge on any atom is -0.337 e. The van der Waals surface area contributed by atoms with Crippen LogP contribution in [0.2, 0.25) is 0 Å². The van der Waals surface area contributed by atoms with Crippen molar-refractivity contribution < 1.29 is 13.2 Å². The lowest BCUT2D eigenvalue weighted by molar-refractivity contribution is -0.127. The number of carbonyl (C=O) groups is 1. The average Bonchev–Trinajstić information content (AvgIpc) is 3.32. The molecule has 2 aromatic rings. The molecule has 1 saturated heterocycles. The van der Waals surface area contributed by atoms with Crippen LogP contribution in [-0.4, -0.2) is 76.9 Å². The lowest BCUT2D eigenvalue weighted by atomic mass is 9.96. The molecule has 32 heavy (non-hydrogen) atoms. The lowest BCUT2D eigenvalue weighted by Gasteiger charge is -2.38. The summed E-state index contributed by atoms with van der Waals surface area (Å²) in [5, 5.41) is 4.33. The van der Waals surface area contributed by atoms with E-state index in [1.165, 1.54) is 16.8 Å². The number of piperazine rings is 1. The first kappa shape index (κ1) is 22.7. The van der Waals surface area contributed by atoms with E-state index < -0.39 is 10.2 Å². The molecule has 0 N–H and O–H groups in total. The van der Waals surface area contributed by atoms with Crippen molar-refractivity contribution in [3.8, 4) is 5.69 Å². The van der Waals surface area contributed by atoms with Gasteiger partial charge in [-0.2, -0.15) is 22.1 Å². The van der Waals surface area contributed by atoms with Gasteiger partial charge < -0.3 is 4.90 Å². The Morgan fingerprint density at radius 1 is 1.06 bits per heavy atom. The summed E-state index contributed by atoms with van der Waals surface area (Å²) < 4.78 is 30.9. The smallest absolute Gasteiger partial charge is 0.282 e. The largest absolute Gasteiger partial charge is 0.337 e. The Morgan fingerprint density at radius 3 is 2.44 bits per heavy atom. The van der Waals surface area contributed by atoms with Crippen molar-refractivity contribution in [3.63, 3.8) is 0 Å². The number of amides is 1. The number of hydrogen-bond donors (Lipinski definition) is 0. The van der Waals surface area contributed by atoms with E-state index >= 15 is 0 Å². The zero-order chi connectivity index (χ0) is 22.6. The SMILES string of the molecule is CN(C1CCCCC1)S(=O)(=O)N1CCN(C(=O)/C=C/c2cnn(-c3ccccc3)c2)CC1. The molecule has 172 valence electrons. The Morgan fingerprint density at radius 2 is 1.75 bits per heavy atom. The standard InChI is InChI=1S/C23H31N5O3S/c1-25(21-8-4-2-5-9-21)32(30,31)27-16-14-26(15-17-27)23(29)13-12-20-18-24-28(19-20)22-10-6-3-7-11-22/h3,6-7,10-13,18-19,21H,2,4-5,8-9,14-17H2,1H3/b13-12+. The number of nitrogens with zero attached hydrogens (tertiary/aromatic N) is 5. The Kier molecular flexibility index (Phi) is 7.07. The maximum Gasteiger partial charge on any atom is 0.282 e. The zero-order valence-electron chi connectivity index (χ0n) is 18.5. The van der Waals surface area contributed by atoms with Gasteiger partial charge in [-0.25, -0.2) is 4.68 Å². The maximum absolute atomic E-state index is 13.0. The summed E-state index contributed by atoms with van der Waals surface area (Å²) in [6, 6.07) is 9.86. The molecule has 0 unspecified atom stereocenters. The molecule has 0 bridgehead atoms. The lowest BCUT2D eigenvalue weighted by Crippen LogP contribution is -2.55. The number of carbonyl (C=O) groups excluding carboxylic acids is 1. The van der Waals surface area contributed by atoms with E-state index in [4.69, 9.17) is 0 Å². The number of aromatic nitrogens is 2. The third-order valence-electron chi connectivity index (χ3n) is 6.37. The molecule has 4 rings (SSSR count). The van der Waals surface area contributed by atoms with Crippen molar-refractivity contribution in [1.82, 2.24) is 23.3 Å². The molecular formula is C23H31N5O3S. The fraction of sp³-hybridized carbons (Fsp3) is 0.478. The van der Waals surface area contributed by atoms with Gasteiger partial charge in [0.1, 0.15) is 0 Å². The second kappa shape index (κ2) is 9.97. The zero-order valence-corrected chi connectivity index (χ0v) is 19.3. The van der Waals surface area contributed by atoms with Crippen LogP contribution in [0.15, 0.2) is 48.8 Å². The van der Waals surface area contributed by atoms with Crippen molar-refractivity contribution in [3.05, 3.63) is 54.4 Å². The molecule has 2 heterocycles. The molecule has 9 heteroatoms. The summed E-state index contributed by atoms with van der Waals surface area (Å²) in [4.78, 5) is 14.3. The molecule has 1 aliphatic heterocycles. The molecule has 1 aliphatic carbocycles. The number of rotatable bonds is 6. The molecule has 1 aromatic heterocycles. The fourth-order valence-electron chi connectivity index (χ4n) is 4.37. The first-order valence-electron chi connectivity index (χ1n) is 11.3. The highest BCUT2D eigenvalue weighted by atomic mass is 32.2. The Hall–Kier alpha value is -2.49. The number of hydrogen-bond acceptors (Lipinski definition) is 4. The van der Waals surface area contributed by atoms with Crippen molar-refractivity contribution in [2.75, 3.05) is 33.2 Å². The predicted octanol–water partition coefficient (Wildman–Crippen LogP) is 2.54. The summed E-state index contributed by atoms with van der Waals surface area (Å²) in [5.74, 6) is -0.116. The van der Waals surface area contributed by atoms with Crippen LogP contribution in [0.5, 0.6) is 0 Å². The predicted molar refractivity (Wildman–Crippen MR) is 124 cm³/mol. The highest BCUT2D eigenvalue weighted by Crippen LogP contribution is 2.25. The molecule has 0 atom stereocenters.